The molecule has 0 N–H and O–H groups in total. The minimum Gasteiger partial charge on any atom is -0.379 e. The highest BCUT2D eigenvalue weighted by Crippen LogP contribution is 2.14. The van der Waals surface area contributed by atoms with Crippen molar-refractivity contribution < 1.29 is 9.47 Å². The van der Waals surface area contributed by atoms with E-state index in [0.717, 1.165) is 51.2 Å². The van der Waals surface area contributed by atoms with Gasteiger partial charge in [-0.1, -0.05) is 0 Å². The van der Waals surface area contributed by atoms with E-state index in [9.17, 15) is 0 Å². The van der Waals surface area contributed by atoms with Gasteiger partial charge in [0.05, 0.1) is 29.3 Å². The predicted molar refractivity (Wildman–Crippen MR) is 69.8 cm³/mol. The van der Waals surface area contributed by atoms with E-state index in [2.05, 4.69) is 4.98 Å². The average molecular weight is 276 g/mol. The molecule has 0 spiro atoms. The molecule has 2 heterocycles. The van der Waals surface area contributed by atoms with E-state index in [0.29, 0.717) is 12.0 Å². The molecule has 1 aromatic heterocycles. The smallest absolute Gasteiger partial charge is 0.0928 e. The summed E-state index contributed by atoms with van der Waals surface area (Å²) in [4.78, 5) is 4.43. The van der Waals surface area contributed by atoms with Crippen LogP contribution >= 0.6 is 22.9 Å². The molecular formula is C12H18ClNO2S. The number of hydrogen-bond acceptors (Lipinski definition) is 4. The third-order valence-electron chi connectivity index (χ3n) is 2.76. The number of hydrogen-bond donors (Lipinski definition) is 0. The van der Waals surface area contributed by atoms with Crippen molar-refractivity contribution in [2.24, 2.45) is 0 Å². The van der Waals surface area contributed by atoms with Crippen LogP contribution in [0.3, 0.4) is 0 Å². The number of nitrogens with zero attached hydrogens (tertiary/aromatic N) is 1. The Labute approximate surface area is 111 Å². The summed E-state index contributed by atoms with van der Waals surface area (Å²) >= 11 is 7.41. The average Bonchev–Trinajstić information content (AvgIpc) is 2.99. The molecule has 1 unspecified atom stereocenters. The van der Waals surface area contributed by atoms with Crippen molar-refractivity contribution in [2.45, 2.75) is 37.7 Å². The zero-order valence-corrected chi connectivity index (χ0v) is 11.4. The number of rotatable bonds is 7. The molecule has 17 heavy (non-hydrogen) atoms. The van der Waals surface area contributed by atoms with Gasteiger partial charge in [0, 0.05) is 18.6 Å². The van der Waals surface area contributed by atoms with Crippen molar-refractivity contribution in [3.8, 4) is 0 Å². The first kappa shape index (κ1) is 13.3. The molecule has 2 rings (SSSR count). The van der Waals surface area contributed by atoms with E-state index in [4.69, 9.17) is 21.1 Å². The van der Waals surface area contributed by atoms with Crippen molar-refractivity contribution in [1.82, 2.24) is 4.98 Å². The largest absolute Gasteiger partial charge is 0.379 e. The second-order valence-electron chi connectivity index (χ2n) is 4.18. The van der Waals surface area contributed by atoms with Gasteiger partial charge in [-0.05, 0) is 25.7 Å². The van der Waals surface area contributed by atoms with Crippen molar-refractivity contribution in [2.75, 3.05) is 19.8 Å². The molecule has 0 aromatic carbocycles. The fourth-order valence-electron chi connectivity index (χ4n) is 1.80. The van der Waals surface area contributed by atoms with E-state index < -0.39 is 0 Å². The lowest BCUT2D eigenvalue weighted by atomic mass is 10.2. The maximum Gasteiger partial charge on any atom is 0.0928 e. The van der Waals surface area contributed by atoms with Gasteiger partial charge in [0.25, 0.3) is 0 Å². The van der Waals surface area contributed by atoms with Gasteiger partial charge in [-0.25, -0.2) is 4.98 Å². The van der Waals surface area contributed by atoms with E-state index in [1.807, 2.05) is 5.38 Å². The summed E-state index contributed by atoms with van der Waals surface area (Å²) in [5, 5.41) is 3.22. The number of ether oxygens (including phenoxy) is 2. The van der Waals surface area contributed by atoms with Crippen LogP contribution in [-0.2, 0) is 21.8 Å². The predicted octanol–water partition coefficient (Wildman–Crippen LogP) is 3.01. The monoisotopic (exact) mass is 275 g/mol. The lowest BCUT2D eigenvalue weighted by Crippen LogP contribution is -2.13. The first-order valence-corrected chi connectivity index (χ1v) is 7.48. The second-order valence-corrected chi connectivity index (χ2v) is 5.39. The van der Waals surface area contributed by atoms with Gasteiger partial charge < -0.3 is 9.47 Å². The zero-order chi connectivity index (χ0) is 11.9. The maximum absolute atomic E-state index is 5.71. The third-order valence-corrected chi connectivity index (χ3v) is 3.99. The molecule has 5 heteroatoms. The number of thiazole rings is 1. The van der Waals surface area contributed by atoms with Crippen LogP contribution in [0.25, 0.3) is 0 Å². The fourth-order valence-corrected chi connectivity index (χ4v) is 2.87. The van der Waals surface area contributed by atoms with Gasteiger partial charge in [-0.3, -0.25) is 0 Å². The summed E-state index contributed by atoms with van der Waals surface area (Å²) in [5.74, 6) is 0.515. The lowest BCUT2D eigenvalue weighted by Gasteiger charge is -2.08. The highest BCUT2D eigenvalue weighted by Gasteiger charge is 2.15. The third kappa shape index (κ3) is 4.54. The Morgan fingerprint density at radius 2 is 2.47 bits per heavy atom. The molecule has 1 fully saturated rings. The minimum atomic E-state index is 0.331. The molecule has 3 nitrogen and oxygen atoms in total. The quantitative estimate of drug-likeness (QED) is 0.566. The first-order chi connectivity index (χ1) is 8.38. The van der Waals surface area contributed by atoms with Gasteiger partial charge in [0.1, 0.15) is 0 Å². The van der Waals surface area contributed by atoms with Crippen LogP contribution in [0.5, 0.6) is 0 Å². The van der Waals surface area contributed by atoms with E-state index in [-0.39, 0.29) is 0 Å². The van der Waals surface area contributed by atoms with Crippen molar-refractivity contribution in [3.63, 3.8) is 0 Å². The Morgan fingerprint density at radius 1 is 1.53 bits per heavy atom. The molecule has 1 aromatic rings. The minimum absolute atomic E-state index is 0.331. The first-order valence-electron chi connectivity index (χ1n) is 6.07. The molecule has 96 valence electrons. The van der Waals surface area contributed by atoms with Crippen LogP contribution < -0.4 is 0 Å². The SMILES string of the molecule is ClCc1csc(CCCCOC2CCOC2)n1. The van der Waals surface area contributed by atoms with Gasteiger partial charge >= 0.3 is 0 Å². The number of unbranched alkanes of at least 4 members (excludes halogenated alkanes) is 1. The summed E-state index contributed by atoms with van der Waals surface area (Å²) in [5.41, 5.74) is 0.992. The highest BCUT2D eigenvalue weighted by molar-refractivity contribution is 7.09. The molecule has 0 radical (unpaired) electrons. The number of aryl methyl sites for hydroxylation is 1. The molecule has 0 aliphatic carbocycles. The van der Waals surface area contributed by atoms with Crippen LogP contribution in [0.15, 0.2) is 5.38 Å². The number of halogens is 1. The Bertz CT molecular complexity index is 326. The number of alkyl halides is 1. The Morgan fingerprint density at radius 3 is 3.18 bits per heavy atom. The molecule has 0 saturated carbocycles. The van der Waals surface area contributed by atoms with Crippen LogP contribution in [-0.4, -0.2) is 30.9 Å². The molecule has 0 bridgehead atoms. The lowest BCUT2D eigenvalue weighted by molar-refractivity contribution is 0.0408. The van der Waals surface area contributed by atoms with E-state index in [1.165, 1.54) is 5.01 Å². The number of aromatic nitrogens is 1. The Balaban J connectivity index is 1.53. The summed E-state index contributed by atoms with van der Waals surface area (Å²) in [6.07, 6.45) is 4.63. The van der Waals surface area contributed by atoms with Gasteiger partial charge in [0.15, 0.2) is 0 Å². The summed E-state index contributed by atoms with van der Waals surface area (Å²) in [6, 6.07) is 0. The molecule has 1 aliphatic rings. The highest BCUT2D eigenvalue weighted by atomic mass is 35.5. The van der Waals surface area contributed by atoms with Crippen molar-refractivity contribution in [3.05, 3.63) is 16.1 Å². The molecule has 1 atom stereocenters. The maximum atomic E-state index is 5.71. The molecular weight excluding hydrogens is 258 g/mol. The van der Waals surface area contributed by atoms with Gasteiger partial charge in [-0.15, -0.1) is 22.9 Å². The summed E-state index contributed by atoms with van der Waals surface area (Å²) < 4.78 is 11.0. The Hall–Kier alpha value is -0.160. The topological polar surface area (TPSA) is 31.4 Å². The molecule has 0 amide bonds. The summed E-state index contributed by atoms with van der Waals surface area (Å²) in [7, 11) is 0. The normalized spacial score (nSPS) is 19.9. The van der Waals surface area contributed by atoms with Crippen LogP contribution in [0.2, 0.25) is 0 Å². The standard InChI is InChI=1S/C12H18ClNO2S/c13-7-10-9-17-12(14-10)3-1-2-5-16-11-4-6-15-8-11/h9,11H,1-8H2. The molecule has 1 aliphatic heterocycles. The van der Waals surface area contributed by atoms with Crippen molar-refractivity contribution in [1.29, 1.82) is 0 Å². The van der Waals surface area contributed by atoms with E-state index in [1.54, 1.807) is 11.3 Å². The van der Waals surface area contributed by atoms with Gasteiger partial charge in [-0.2, -0.15) is 0 Å². The zero-order valence-electron chi connectivity index (χ0n) is 9.86. The van der Waals surface area contributed by atoms with E-state index >= 15 is 0 Å². The van der Waals surface area contributed by atoms with Crippen LogP contribution in [0, 0.1) is 0 Å². The van der Waals surface area contributed by atoms with Gasteiger partial charge in [0.2, 0.25) is 0 Å². The van der Waals surface area contributed by atoms with Crippen LogP contribution in [0.4, 0.5) is 0 Å². The van der Waals surface area contributed by atoms with Crippen molar-refractivity contribution >= 4 is 22.9 Å². The fraction of sp³-hybridized carbons (Fsp3) is 0.750. The molecule has 1 saturated heterocycles. The summed E-state index contributed by atoms with van der Waals surface area (Å²) in [6.45, 7) is 2.46. The second kappa shape index (κ2) is 7.31. The Kier molecular flexibility index (Phi) is 5.71. The van der Waals surface area contributed by atoms with Crippen LogP contribution in [0.1, 0.15) is 30.0 Å².